The summed E-state index contributed by atoms with van der Waals surface area (Å²) in [5.41, 5.74) is 0.725. The van der Waals surface area contributed by atoms with E-state index >= 15 is 0 Å². The van der Waals surface area contributed by atoms with Crippen LogP contribution < -0.4 is 16.0 Å². The molecule has 2 aromatic carbocycles. The standard InChI is InChI=1S/C17H11BrF3N5OS2/c18-10-5-9(17(19,20)21)6-13(7-10)24-16(28)23-12-3-1-11(2-4-12)22-15(27)14-8-29-26-25-14/h1-8H,(H,22,27)(H2,23,24,28). The Bertz CT molecular complexity index is 1030. The lowest BCUT2D eigenvalue weighted by Gasteiger charge is -2.14. The van der Waals surface area contributed by atoms with Gasteiger partial charge in [0.2, 0.25) is 0 Å². The number of alkyl halides is 3. The summed E-state index contributed by atoms with van der Waals surface area (Å²) in [6.45, 7) is 0. The molecule has 12 heteroatoms. The molecule has 3 aromatic rings. The molecule has 0 aliphatic heterocycles. The predicted molar refractivity (Wildman–Crippen MR) is 113 cm³/mol. The first-order chi connectivity index (χ1) is 13.7. The zero-order valence-electron chi connectivity index (χ0n) is 14.2. The Balaban J connectivity index is 1.61. The Morgan fingerprint density at radius 3 is 2.21 bits per heavy atom. The number of nitrogens with zero attached hydrogens (tertiary/aromatic N) is 2. The van der Waals surface area contributed by atoms with Gasteiger partial charge in [0.25, 0.3) is 5.91 Å². The number of amides is 1. The van der Waals surface area contributed by atoms with Gasteiger partial charge < -0.3 is 16.0 Å². The average Bonchev–Trinajstić information content (AvgIpc) is 3.17. The van der Waals surface area contributed by atoms with E-state index in [-0.39, 0.29) is 26.9 Å². The van der Waals surface area contributed by atoms with Gasteiger partial charge >= 0.3 is 6.18 Å². The topological polar surface area (TPSA) is 78.9 Å². The van der Waals surface area contributed by atoms with E-state index < -0.39 is 11.7 Å². The molecule has 6 nitrogen and oxygen atoms in total. The molecule has 0 unspecified atom stereocenters. The van der Waals surface area contributed by atoms with Crippen LogP contribution in [-0.4, -0.2) is 20.6 Å². The average molecular weight is 502 g/mol. The van der Waals surface area contributed by atoms with E-state index in [1.807, 2.05) is 0 Å². The first kappa shape index (κ1) is 21.1. The summed E-state index contributed by atoms with van der Waals surface area (Å²) in [6, 6.07) is 10.0. The monoisotopic (exact) mass is 501 g/mol. The Morgan fingerprint density at radius 1 is 1.00 bits per heavy atom. The summed E-state index contributed by atoms with van der Waals surface area (Å²) < 4.78 is 42.6. The molecule has 0 saturated heterocycles. The zero-order chi connectivity index (χ0) is 21.0. The van der Waals surface area contributed by atoms with Crippen molar-refractivity contribution in [2.75, 3.05) is 16.0 Å². The van der Waals surface area contributed by atoms with Gasteiger partial charge in [-0.3, -0.25) is 4.79 Å². The minimum atomic E-state index is -4.47. The number of carbonyl (C=O) groups is 1. The maximum atomic E-state index is 12.9. The summed E-state index contributed by atoms with van der Waals surface area (Å²) in [7, 11) is 0. The summed E-state index contributed by atoms with van der Waals surface area (Å²) in [6.07, 6.45) is -4.47. The summed E-state index contributed by atoms with van der Waals surface area (Å²) >= 11 is 9.28. The van der Waals surface area contributed by atoms with Gasteiger partial charge in [0.1, 0.15) is 0 Å². The Kier molecular flexibility index (Phi) is 6.45. The van der Waals surface area contributed by atoms with Crippen LogP contribution in [0.15, 0.2) is 52.3 Å². The Labute approximate surface area is 180 Å². The first-order valence-electron chi connectivity index (χ1n) is 7.85. The van der Waals surface area contributed by atoms with E-state index in [4.69, 9.17) is 12.2 Å². The molecule has 1 aromatic heterocycles. The van der Waals surface area contributed by atoms with Crippen molar-refractivity contribution in [3.05, 3.63) is 63.6 Å². The molecule has 150 valence electrons. The van der Waals surface area contributed by atoms with Gasteiger partial charge in [-0.05, 0) is 66.2 Å². The molecule has 0 aliphatic carbocycles. The number of halogens is 4. The predicted octanol–water partition coefficient (Wildman–Crippen LogP) is 5.38. The maximum Gasteiger partial charge on any atom is 0.416 e. The fourth-order valence-electron chi connectivity index (χ4n) is 2.21. The third kappa shape index (κ3) is 5.95. The molecule has 3 rings (SSSR count). The fourth-order valence-corrected chi connectivity index (χ4v) is 3.38. The highest BCUT2D eigenvalue weighted by atomic mass is 79.9. The molecule has 3 N–H and O–H groups in total. The fraction of sp³-hybridized carbons (Fsp3) is 0.0588. The SMILES string of the molecule is O=C(Nc1ccc(NC(=S)Nc2cc(Br)cc(C(F)(F)F)c2)cc1)c1csnn1. The lowest BCUT2D eigenvalue weighted by Crippen LogP contribution is -2.19. The smallest absolute Gasteiger partial charge is 0.332 e. The van der Waals surface area contributed by atoms with E-state index in [9.17, 15) is 18.0 Å². The van der Waals surface area contributed by atoms with Crippen LogP contribution in [-0.2, 0) is 6.18 Å². The molecule has 0 radical (unpaired) electrons. The van der Waals surface area contributed by atoms with Crippen LogP contribution in [0.4, 0.5) is 30.2 Å². The molecule has 0 saturated carbocycles. The van der Waals surface area contributed by atoms with Gasteiger partial charge in [-0.2, -0.15) is 13.2 Å². The number of hydrogen-bond donors (Lipinski definition) is 3. The van der Waals surface area contributed by atoms with Crippen LogP contribution in [0, 0.1) is 0 Å². The van der Waals surface area contributed by atoms with E-state index in [1.165, 1.54) is 11.4 Å². The lowest BCUT2D eigenvalue weighted by molar-refractivity contribution is -0.137. The van der Waals surface area contributed by atoms with E-state index in [0.29, 0.717) is 11.4 Å². The number of nitrogens with one attached hydrogen (secondary N) is 3. The second-order valence-electron chi connectivity index (χ2n) is 5.63. The highest BCUT2D eigenvalue weighted by Crippen LogP contribution is 2.33. The second-order valence-corrected chi connectivity index (χ2v) is 7.56. The molecule has 1 amide bonds. The highest BCUT2D eigenvalue weighted by Gasteiger charge is 2.31. The maximum absolute atomic E-state index is 12.9. The highest BCUT2D eigenvalue weighted by molar-refractivity contribution is 9.10. The molecular weight excluding hydrogens is 491 g/mol. The number of hydrogen-bond acceptors (Lipinski definition) is 5. The second kappa shape index (κ2) is 8.84. The number of rotatable bonds is 4. The summed E-state index contributed by atoms with van der Waals surface area (Å²) in [5, 5.41) is 13.6. The van der Waals surface area contributed by atoms with Crippen molar-refractivity contribution in [3.8, 4) is 0 Å². The van der Waals surface area contributed by atoms with Gasteiger partial charge in [0.15, 0.2) is 10.8 Å². The molecule has 29 heavy (non-hydrogen) atoms. The van der Waals surface area contributed by atoms with E-state index in [1.54, 1.807) is 24.3 Å². The first-order valence-corrected chi connectivity index (χ1v) is 9.89. The quantitative estimate of drug-likeness (QED) is 0.416. The molecule has 0 atom stereocenters. The molecule has 1 heterocycles. The van der Waals surface area contributed by atoms with Crippen LogP contribution in [0.25, 0.3) is 0 Å². The van der Waals surface area contributed by atoms with Crippen LogP contribution in [0.3, 0.4) is 0 Å². The van der Waals surface area contributed by atoms with Crippen molar-refractivity contribution in [2.24, 2.45) is 0 Å². The van der Waals surface area contributed by atoms with Crippen molar-refractivity contribution in [2.45, 2.75) is 6.18 Å². The van der Waals surface area contributed by atoms with Gasteiger partial charge in [-0.15, -0.1) is 5.10 Å². The number of thiocarbonyl (C=S) groups is 1. The normalized spacial score (nSPS) is 11.0. The molecule has 0 bridgehead atoms. The number of carbonyl (C=O) groups excluding carboxylic acids is 1. The molecule has 0 spiro atoms. The minimum absolute atomic E-state index is 0.113. The van der Waals surface area contributed by atoms with Crippen LogP contribution >= 0.6 is 39.7 Å². The van der Waals surface area contributed by atoms with Crippen molar-refractivity contribution in [1.82, 2.24) is 9.59 Å². The van der Waals surface area contributed by atoms with E-state index in [2.05, 4.69) is 41.5 Å². The summed E-state index contributed by atoms with van der Waals surface area (Å²) in [4.78, 5) is 11.9. The van der Waals surface area contributed by atoms with Gasteiger partial charge in [-0.25, -0.2) is 0 Å². The minimum Gasteiger partial charge on any atom is -0.332 e. The molecule has 0 aliphatic rings. The summed E-state index contributed by atoms with van der Waals surface area (Å²) in [5.74, 6) is -0.383. The third-order valence-corrected chi connectivity index (χ3v) is 4.64. The van der Waals surface area contributed by atoms with Gasteiger partial charge in [-0.1, -0.05) is 20.4 Å². The van der Waals surface area contributed by atoms with Crippen molar-refractivity contribution < 1.29 is 18.0 Å². The van der Waals surface area contributed by atoms with Gasteiger partial charge in [0.05, 0.1) is 5.56 Å². The largest absolute Gasteiger partial charge is 0.416 e. The van der Waals surface area contributed by atoms with Crippen molar-refractivity contribution in [1.29, 1.82) is 0 Å². The van der Waals surface area contributed by atoms with E-state index in [0.717, 1.165) is 23.7 Å². The van der Waals surface area contributed by atoms with Crippen LogP contribution in [0.2, 0.25) is 0 Å². The third-order valence-electron chi connectivity index (χ3n) is 3.48. The van der Waals surface area contributed by atoms with Crippen molar-refractivity contribution in [3.63, 3.8) is 0 Å². The Hall–Kier alpha value is -2.57. The zero-order valence-corrected chi connectivity index (χ0v) is 17.5. The van der Waals surface area contributed by atoms with Crippen molar-refractivity contribution >= 4 is 67.8 Å². The number of aromatic nitrogens is 2. The number of anilines is 3. The molecular formula is C17H11BrF3N5OS2. The van der Waals surface area contributed by atoms with Gasteiger partial charge in [0, 0.05) is 26.9 Å². The Morgan fingerprint density at radius 2 is 1.62 bits per heavy atom. The van der Waals surface area contributed by atoms with Crippen LogP contribution in [0.5, 0.6) is 0 Å². The number of benzene rings is 2. The molecule has 0 fully saturated rings. The van der Waals surface area contributed by atoms with Crippen LogP contribution in [0.1, 0.15) is 16.1 Å². The lowest BCUT2D eigenvalue weighted by atomic mass is 10.2.